The van der Waals surface area contributed by atoms with Crippen molar-refractivity contribution in [3.05, 3.63) is 60.9 Å². The highest BCUT2D eigenvalue weighted by Crippen LogP contribution is 2.34. The summed E-state index contributed by atoms with van der Waals surface area (Å²) in [5.41, 5.74) is 1.06. The summed E-state index contributed by atoms with van der Waals surface area (Å²) < 4.78 is 29.2. The van der Waals surface area contributed by atoms with Crippen LogP contribution in [0.25, 0.3) is 0 Å². The molecule has 0 aliphatic carbocycles. The highest BCUT2D eigenvalue weighted by atomic mass is 79.9. The van der Waals surface area contributed by atoms with E-state index < -0.39 is 11.6 Å². The van der Waals surface area contributed by atoms with Gasteiger partial charge in [0, 0.05) is 25.5 Å². The topological polar surface area (TPSA) is 12.0 Å². The number of halogens is 5. The van der Waals surface area contributed by atoms with Crippen molar-refractivity contribution in [3.8, 4) is 0 Å². The second-order valence-corrected chi connectivity index (χ2v) is 6.44. The lowest BCUT2D eigenvalue weighted by atomic mass is 10.2. The lowest BCUT2D eigenvalue weighted by Gasteiger charge is -2.12. The second kappa shape index (κ2) is 6.33. The van der Waals surface area contributed by atoms with Gasteiger partial charge in [-0.3, -0.25) is 0 Å². The fraction of sp³-hybridized carbons (Fsp3) is 0.0769. The van der Waals surface area contributed by atoms with Crippen LogP contribution in [-0.2, 0) is 6.54 Å². The molecule has 0 saturated heterocycles. The van der Waals surface area contributed by atoms with E-state index in [0.717, 1.165) is 25.2 Å². The van der Waals surface area contributed by atoms with Gasteiger partial charge < -0.3 is 5.32 Å². The third-order valence-corrected chi connectivity index (χ3v) is 4.20. The quantitative estimate of drug-likeness (QED) is 0.611. The zero-order valence-electron chi connectivity index (χ0n) is 9.48. The van der Waals surface area contributed by atoms with Gasteiger partial charge in [0.1, 0.15) is 0 Å². The van der Waals surface area contributed by atoms with Gasteiger partial charge in [-0.2, -0.15) is 0 Å². The van der Waals surface area contributed by atoms with Gasteiger partial charge in [0.2, 0.25) is 0 Å². The molecule has 0 aliphatic heterocycles. The molecule has 0 bridgehead atoms. The Morgan fingerprint density at radius 2 is 1.63 bits per heavy atom. The van der Waals surface area contributed by atoms with Gasteiger partial charge in [-0.05, 0) is 50.1 Å². The minimum absolute atomic E-state index is 0.197. The summed E-state index contributed by atoms with van der Waals surface area (Å²) in [6, 6.07) is 7.88. The van der Waals surface area contributed by atoms with Crippen LogP contribution in [0.3, 0.4) is 0 Å². The van der Waals surface area contributed by atoms with Crippen molar-refractivity contribution in [1.29, 1.82) is 0 Å². The van der Waals surface area contributed by atoms with Gasteiger partial charge in [-0.25, -0.2) is 8.78 Å². The van der Waals surface area contributed by atoms with E-state index >= 15 is 0 Å². The molecule has 2 aromatic rings. The monoisotopic (exact) mass is 453 g/mol. The summed E-state index contributed by atoms with van der Waals surface area (Å²) in [5.74, 6) is -1.66. The lowest BCUT2D eigenvalue weighted by Crippen LogP contribution is -2.04. The van der Waals surface area contributed by atoms with Crippen LogP contribution in [0, 0.1) is 11.6 Å². The number of rotatable bonds is 3. The number of nitrogens with one attached hydrogen (secondary N) is 1. The highest BCUT2D eigenvalue weighted by molar-refractivity contribution is 9.11. The maximum atomic E-state index is 13.5. The molecule has 0 saturated carbocycles. The SMILES string of the molecule is Fc1cccc(CNc2c(Br)cc(Br)cc2Br)c1F. The highest BCUT2D eigenvalue weighted by Gasteiger charge is 2.10. The van der Waals surface area contributed by atoms with E-state index in [4.69, 9.17) is 0 Å². The van der Waals surface area contributed by atoms with Crippen LogP contribution in [-0.4, -0.2) is 0 Å². The first kappa shape index (κ1) is 14.9. The smallest absolute Gasteiger partial charge is 0.163 e. The van der Waals surface area contributed by atoms with Crippen LogP contribution in [0.15, 0.2) is 43.7 Å². The van der Waals surface area contributed by atoms with E-state index in [1.807, 2.05) is 12.1 Å². The minimum atomic E-state index is -0.840. The van der Waals surface area contributed by atoms with Gasteiger partial charge >= 0.3 is 0 Å². The molecule has 0 unspecified atom stereocenters. The standard InChI is InChI=1S/C13H8Br3F2N/c14-8-4-9(15)13(10(16)5-8)19-6-7-2-1-3-11(17)12(7)18/h1-5,19H,6H2. The van der Waals surface area contributed by atoms with Gasteiger partial charge in [0.25, 0.3) is 0 Å². The van der Waals surface area contributed by atoms with Crippen LogP contribution >= 0.6 is 47.8 Å². The summed E-state index contributed by atoms with van der Waals surface area (Å²) >= 11 is 10.2. The summed E-state index contributed by atoms with van der Waals surface area (Å²) in [6.07, 6.45) is 0. The molecule has 0 radical (unpaired) electrons. The lowest BCUT2D eigenvalue weighted by molar-refractivity contribution is 0.500. The molecule has 0 heterocycles. The first-order valence-corrected chi connectivity index (χ1v) is 7.68. The zero-order chi connectivity index (χ0) is 14.0. The Morgan fingerprint density at radius 3 is 2.26 bits per heavy atom. The molecular weight excluding hydrogens is 448 g/mol. The van der Waals surface area contributed by atoms with E-state index in [0.29, 0.717) is 0 Å². The van der Waals surface area contributed by atoms with Crippen LogP contribution in [0.2, 0.25) is 0 Å². The Kier molecular flexibility index (Phi) is 4.97. The van der Waals surface area contributed by atoms with Crippen molar-refractivity contribution < 1.29 is 8.78 Å². The fourth-order valence-corrected chi connectivity index (χ4v) is 4.12. The fourth-order valence-electron chi connectivity index (χ4n) is 1.58. The number of hydrogen-bond donors (Lipinski definition) is 1. The molecular formula is C13H8Br3F2N. The van der Waals surface area contributed by atoms with Gasteiger partial charge in [-0.1, -0.05) is 28.1 Å². The van der Waals surface area contributed by atoms with Crippen molar-refractivity contribution in [2.75, 3.05) is 5.32 Å². The minimum Gasteiger partial charge on any atom is -0.379 e. The predicted octanol–water partition coefficient (Wildman–Crippen LogP) is 5.86. The first-order valence-electron chi connectivity index (χ1n) is 5.30. The third-order valence-electron chi connectivity index (χ3n) is 2.49. The molecule has 1 nitrogen and oxygen atoms in total. The van der Waals surface area contributed by atoms with Crippen LogP contribution < -0.4 is 5.32 Å². The van der Waals surface area contributed by atoms with Gasteiger partial charge in [0.05, 0.1) is 5.69 Å². The van der Waals surface area contributed by atoms with E-state index in [1.165, 1.54) is 6.07 Å². The summed E-state index contributed by atoms with van der Waals surface area (Å²) in [5, 5.41) is 3.07. The van der Waals surface area contributed by atoms with Crippen LogP contribution in [0.4, 0.5) is 14.5 Å². The largest absolute Gasteiger partial charge is 0.379 e. The maximum absolute atomic E-state index is 13.5. The molecule has 0 spiro atoms. The average molecular weight is 456 g/mol. The predicted molar refractivity (Wildman–Crippen MR) is 83.2 cm³/mol. The molecule has 1 N–H and O–H groups in total. The summed E-state index contributed by atoms with van der Waals surface area (Å²) in [6.45, 7) is 0.197. The molecule has 0 aliphatic rings. The first-order chi connectivity index (χ1) is 8.99. The average Bonchev–Trinajstić information content (AvgIpc) is 2.33. The molecule has 100 valence electrons. The third kappa shape index (κ3) is 3.55. The van der Waals surface area contributed by atoms with Crippen molar-refractivity contribution in [2.24, 2.45) is 0 Å². The zero-order valence-corrected chi connectivity index (χ0v) is 14.2. The van der Waals surface area contributed by atoms with E-state index in [9.17, 15) is 8.78 Å². The summed E-state index contributed by atoms with van der Waals surface area (Å²) in [7, 11) is 0. The molecule has 2 rings (SSSR count). The second-order valence-electron chi connectivity index (χ2n) is 3.81. The molecule has 6 heteroatoms. The van der Waals surface area contributed by atoms with Crippen molar-refractivity contribution in [1.82, 2.24) is 0 Å². The molecule has 0 fully saturated rings. The van der Waals surface area contributed by atoms with Gasteiger partial charge in [0.15, 0.2) is 11.6 Å². The van der Waals surface area contributed by atoms with Crippen LogP contribution in [0.5, 0.6) is 0 Å². The Morgan fingerprint density at radius 1 is 1.00 bits per heavy atom. The van der Waals surface area contributed by atoms with Gasteiger partial charge in [-0.15, -0.1) is 0 Å². The Labute approximate surface area is 134 Å². The van der Waals surface area contributed by atoms with E-state index in [1.54, 1.807) is 6.07 Å². The maximum Gasteiger partial charge on any atom is 0.163 e. The number of benzene rings is 2. The summed E-state index contributed by atoms with van der Waals surface area (Å²) in [4.78, 5) is 0. The molecule has 0 amide bonds. The van der Waals surface area contributed by atoms with Crippen LogP contribution in [0.1, 0.15) is 5.56 Å². The Balaban J connectivity index is 2.22. The van der Waals surface area contributed by atoms with Crippen molar-refractivity contribution in [3.63, 3.8) is 0 Å². The Hall–Kier alpha value is -0.460. The normalized spacial score (nSPS) is 10.6. The Bertz CT molecular complexity index is 594. The van der Waals surface area contributed by atoms with Crippen molar-refractivity contribution >= 4 is 53.5 Å². The molecule has 0 atom stereocenters. The number of anilines is 1. The molecule has 2 aromatic carbocycles. The number of hydrogen-bond acceptors (Lipinski definition) is 1. The van der Waals surface area contributed by atoms with E-state index in [2.05, 4.69) is 53.1 Å². The molecule has 19 heavy (non-hydrogen) atoms. The van der Waals surface area contributed by atoms with Crippen molar-refractivity contribution in [2.45, 2.75) is 6.54 Å². The molecule has 0 aromatic heterocycles. The van der Waals surface area contributed by atoms with E-state index in [-0.39, 0.29) is 12.1 Å².